The molecule has 0 radical (unpaired) electrons. The maximum atomic E-state index is 13.1. The summed E-state index contributed by atoms with van der Waals surface area (Å²) in [4.78, 5) is 31.5. The minimum Gasteiger partial charge on any atom is -0.384 e. The van der Waals surface area contributed by atoms with Crippen molar-refractivity contribution in [1.82, 2.24) is 20.5 Å². The van der Waals surface area contributed by atoms with Crippen LogP contribution in [-0.2, 0) is 28.7 Å². The molecule has 2 aromatic rings. The molecule has 178 valence electrons. The third kappa shape index (κ3) is 7.74. The van der Waals surface area contributed by atoms with Gasteiger partial charge in [-0.1, -0.05) is 30.7 Å². The Morgan fingerprint density at radius 1 is 1.09 bits per heavy atom. The first-order valence-electron chi connectivity index (χ1n) is 10.9. The van der Waals surface area contributed by atoms with Crippen molar-refractivity contribution < 1.29 is 22.8 Å². The molecule has 1 saturated heterocycles. The Morgan fingerprint density at radius 2 is 1.85 bits per heavy atom. The van der Waals surface area contributed by atoms with Gasteiger partial charge in [-0.05, 0) is 49.2 Å². The lowest BCUT2D eigenvalue weighted by molar-refractivity contribution is -0.137. The van der Waals surface area contributed by atoms with Gasteiger partial charge in [0.05, 0.1) is 12.1 Å². The van der Waals surface area contributed by atoms with Gasteiger partial charge in [0, 0.05) is 19.2 Å². The van der Waals surface area contributed by atoms with Crippen molar-refractivity contribution in [2.75, 3.05) is 25.4 Å². The highest BCUT2D eigenvalue weighted by molar-refractivity contribution is 5.88. The van der Waals surface area contributed by atoms with E-state index in [0.29, 0.717) is 16.9 Å². The number of nitrogens with zero attached hydrogens (tertiary/aromatic N) is 2. The number of carbonyl (C=O) groups excluding carboxylic acids is 2. The van der Waals surface area contributed by atoms with Crippen LogP contribution in [0.5, 0.6) is 0 Å². The summed E-state index contributed by atoms with van der Waals surface area (Å²) in [6.45, 7) is 1.91. The molecule has 1 fully saturated rings. The Bertz CT molecular complexity index is 944. The normalized spacial score (nSPS) is 15.6. The summed E-state index contributed by atoms with van der Waals surface area (Å²) < 4.78 is 39.3. The minimum absolute atomic E-state index is 0.0680. The number of amides is 2. The number of benzene rings is 1. The SMILES string of the molecule is Nc1ccc(CNC(=O)C(Cc2cccc(C(F)(F)F)c2)NC(=O)CN2CCCCC2)cn1. The molecule has 1 aliphatic rings. The highest BCUT2D eigenvalue weighted by Gasteiger charge is 2.31. The predicted octanol–water partition coefficient (Wildman–Crippen LogP) is 2.51. The molecular formula is C23H28F3N5O2. The van der Waals surface area contributed by atoms with Gasteiger partial charge in [0.15, 0.2) is 0 Å². The van der Waals surface area contributed by atoms with Gasteiger partial charge in [0.1, 0.15) is 11.9 Å². The van der Waals surface area contributed by atoms with E-state index in [0.717, 1.165) is 44.5 Å². The summed E-state index contributed by atoms with van der Waals surface area (Å²) >= 11 is 0. The van der Waals surface area contributed by atoms with E-state index in [9.17, 15) is 22.8 Å². The van der Waals surface area contributed by atoms with Gasteiger partial charge >= 0.3 is 6.18 Å². The Morgan fingerprint density at radius 3 is 2.52 bits per heavy atom. The largest absolute Gasteiger partial charge is 0.416 e. The maximum Gasteiger partial charge on any atom is 0.416 e. The molecule has 4 N–H and O–H groups in total. The van der Waals surface area contributed by atoms with Crippen molar-refractivity contribution in [3.63, 3.8) is 0 Å². The highest BCUT2D eigenvalue weighted by Crippen LogP contribution is 2.29. The zero-order chi connectivity index (χ0) is 23.8. The van der Waals surface area contributed by atoms with Crippen molar-refractivity contribution in [3.05, 3.63) is 59.3 Å². The summed E-state index contributed by atoms with van der Waals surface area (Å²) in [6.07, 6.45) is 0.105. The van der Waals surface area contributed by atoms with Gasteiger partial charge < -0.3 is 16.4 Å². The van der Waals surface area contributed by atoms with E-state index >= 15 is 0 Å². The fourth-order valence-corrected chi connectivity index (χ4v) is 3.73. The predicted molar refractivity (Wildman–Crippen MR) is 118 cm³/mol. The van der Waals surface area contributed by atoms with Crippen molar-refractivity contribution >= 4 is 17.6 Å². The van der Waals surface area contributed by atoms with E-state index in [-0.39, 0.29) is 25.4 Å². The van der Waals surface area contributed by atoms with E-state index in [1.165, 1.54) is 18.3 Å². The number of nitrogens with one attached hydrogen (secondary N) is 2. The first-order chi connectivity index (χ1) is 15.7. The van der Waals surface area contributed by atoms with E-state index in [1.807, 2.05) is 4.90 Å². The molecule has 0 bridgehead atoms. The molecule has 0 aliphatic carbocycles. The molecule has 1 atom stereocenters. The number of hydrogen-bond donors (Lipinski definition) is 3. The molecule has 7 nitrogen and oxygen atoms in total. The van der Waals surface area contributed by atoms with Crippen LogP contribution >= 0.6 is 0 Å². The van der Waals surface area contributed by atoms with E-state index in [2.05, 4.69) is 15.6 Å². The molecule has 33 heavy (non-hydrogen) atoms. The number of nitrogen functional groups attached to an aromatic ring is 1. The number of aromatic nitrogens is 1. The van der Waals surface area contributed by atoms with Gasteiger partial charge in [-0.2, -0.15) is 13.2 Å². The van der Waals surface area contributed by atoms with Crippen molar-refractivity contribution in [3.8, 4) is 0 Å². The summed E-state index contributed by atoms with van der Waals surface area (Å²) in [5, 5.41) is 5.43. The van der Waals surface area contributed by atoms with Crippen LogP contribution in [0.4, 0.5) is 19.0 Å². The summed E-state index contributed by atoms with van der Waals surface area (Å²) in [6, 6.07) is 7.07. The Hall–Kier alpha value is -3.14. The summed E-state index contributed by atoms with van der Waals surface area (Å²) in [5.41, 5.74) is 5.77. The molecule has 1 aromatic carbocycles. The number of likely N-dealkylation sites (tertiary alicyclic amines) is 1. The first-order valence-corrected chi connectivity index (χ1v) is 10.9. The van der Waals surface area contributed by atoms with Crippen molar-refractivity contribution in [2.45, 2.75) is 44.4 Å². The van der Waals surface area contributed by atoms with Gasteiger partial charge in [-0.15, -0.1) is 0 Å². The van der Waals surface area contributed by atoms with Gasteiger partial charge in [-0.3, -0.25) is 14.5 Å². The first kappa shape index (κ1) is 24.5. The van der Waals surface area contributed by atoms with Crippen LogP contribution in [0.1, 0.15) is 36.0 Å². The van der Waals surface area contributed by atoms with Crippen LogP contribution < -0.4 is 16.4 Å². The summed E-state index contributed by atoms with van der Waals surface area (Å²) in [7, 11) is 0. The molecule has 10 heteroatoms. The second-order valence-corrected chi connectivity index (χ2v) is 8.17. The standard InChI is InChI=1S/C23H28F3N5O2/c24-23(25,26)18-6-4-5-16(11-18)12-19(30-21(32)15-31-9-2-1-3-10-31)22(33)29-14-17-7-8-20(27)28-13-17/h4-8,11,13,19H,1-3,9-10,12,14-15H2,(H2,27,28)(H,29,33)(H,30,32). The summed E-state index contributed by atoms with van der Waals surface area (Å²) in [5.74, 6) is -0.480. The zero-order valence-electron chi connectivity index (χ0n) is 18.2. The lowest BCUT2D eigenvalue weighted by Crippen LogP contribution is -2.50. The minimum atomic E-state index is -4.49. The van der Waals surface area contributed by atoms with Crippen LogP contribution in [0.3, 0.4) is 0 Å². The number of hydrogen-bond acceptors (Lipinski definition) is 5. The monoisotopic (exact) mass is 463 g/mol. The number of rotatable bonds is 8. The number of piperidine rings is 1. The smallest absolute Gasteiger partial charge is 0.384 e. The molecule has 0 spiro atoms. The lowest BCUT2D eigenvalue weighted by atomic mass is 10.0. The zero-order valence-corrected chi connectivity index (χ0v) is 18.2. The van der Waals surface area contributed by atoms with Gasteiger partial charge in [0.25, 0.3) is 0 Å². The Kier molecular flexibility index (Phi) is 8.26. The van der Waals surface area contributed by atoms with Crippen LogP contribution in [0.15, 0.2) is 42.6 Å². The average Bonchev–Trinajstić information content (AvgIpc) is 2.78. The van der Waals surface area contributed by atoms with Gasteiger partial charge in [-0.25, -0.2) is 4.98 Å². The molecule has 0 saturated carbocycles. The molecular weight excluding hydrogens is 435 g/mol. The van der Waals surface area contributed by atoms with E-state index < -0.39 is 23.7 Å². The third-order valence-corrected chi connectivity index (χ3v) is 5.48. The number of anilines is 1. The van der Waals surface area contributed by atoms with Crippen molar-refractivity contribution in [1.29, 1.82) is 0 Å². The molecule has 2 amide bonds. The van der Waals surface area contributed by atoms with Crippen LogP contribution in [0.25, 0.3) is 0 Å². The van der Waals surface area contributed by atoms with Crippen LogP contribution in [-0.4, -0.2) is 47.4 Å². The molecule has 3 rings (SSSR count). The quantitative estimate of drug-likeness (QED) is 0.559. The van der Waals surface area contributed by atoms with Gasteiger partial charge in [0.2, 0.25) is 11.8 Å². The number of nitrogens with two attached hydrogens (primary N) is 1. The Balaban J connectivity index is 1.69. The topological polar surface area (TPSA) is 100 Å². The number of carbonyl (C=O) groups is 2. The molecule has 1 unspecified atom stereocenters. The molecule has 1 aliphatic heterocycles. The second-order valence-electron chi connectivity index (χ2n) is 8.17. The average molecular weight is 464 g/mol. The molecule has 2 heterocycles. The van der Waals surface area contributed by atoms with E-state index in [1.54, 1.807) is 12.1 Å². The maximum absolute atomic E-state index is 13.1. The van der Waals surface area contributed by atoms with Crippen LogP contribution in [0, 0.1) is 0 Å². The molecule has 1 aromatic heterocycles. The lowest BCUT2D eigenvalue weighted by Gasteiger charge is -2.27. The fourth-order valence-electron chi connectivity index (χ4n) is 3.73. The Labute approximate surface area is 190 Å². The van der Waals surface area contributed by atoms with Crippen LogP contribution in [0.2, 0.25) is 0 Å². The number of halogens is 3. The third-order valence-electron chi connectivity index (χ3n) is 5.48. The fraction of sp³-hybridized carbons (Fsp3) is 0.435. The van der Waals surface area contributed by atoms with Crippen molar-refractivity contribution in [2.24, 2.45) is 0 Å². The van der Waals surface area contributed by atoms with E-state index in [4.69, 9.17) is 5.73 Å². The highest BCUT2D eigenvalue weighted by atomic mass is 19.4. The second kappa shape index (κ2) is 11.1. The number of pyridine rings is 1. The number of alkyl halides is 3.